The van der Waals surface area contributed by atoms with Crippen LogP contribution >= 0.6 is 0 Å². The summed E-state index contributed by atoms with van der Waals surface area (Å²) in [6.45, 7) is 3.43. The third kappa shape index (κ3) is 3.54. The number of hydrogen-bond acceptors (Lipinski definition) is 7. The van der Waals surface area contributed by atoms with E-state index in [0.717, 1.165) is 30.9 Å². The molecular weight excluding hydrogens is 306 g/mol. The van der Waals surface area contributed by atoms with E-state index in [1.165, 1.54) is 0 Å². The highest BCUT2D eigenvalue weighted by atomic mass is 16.5. The summed E-state index contributed by atoms with van der Waals surface area (Å²) in [5, 5.41) is 9.31. The maximum absolute atomic E-state index is 9.31. The summed E-state index contributed by atoms with van der Waals surface area (Å²) in [5.41, 5.74) is 1.48. The van der Waals surface area contributed by atoms with Crippen molar-refractivity contribution in [3.63, 3.8) is 0 Å². The molecule has 1 unspecified atom stereocenters. The molecule has 3 rings (SSSR count). The van der Waals surface area contributed by atoms with Gasteiger partial charge >= 0.3 is 6.01 Å². The van der Waals surface area contributed by atoms with Crippen LogP contribution in [-0.4, -0.2) is 41.3 Å². The lowest BCUT2D eigenvalue weighted by atomic mass is 10.1. The standard InChI is InChI=1S/C17H19N5O2/c1-12-5-6-13(8-18)16(21-12)22-7-3-4-14(11-22)24-17-19-9-15(23-2)10-20-17/h5-6,9-10,14H,3-4,7,11H2,1-2H3. The number of nitrogens with zero attached hydrogens (tertiary/aromatic N) is 5. The van der Waals surface area contributed by atoms with Gasteiger partial charge in [-0.2, -0.15) is 15.2 Å². The SMILES string of the molecule is COc1cnc(OC2CCCN(c3nc(C)ccc3C#N)C2)nc1. The van der Waals surface area contributed by atoms with Gasteiger partial charge in [0.15, 0.2) is 5.75 Å². The van der Waals surface area contributed by atoms with Gasteiger partial charge in [0.2, 0.25) is 0 Å². The predicted octanol–water partition coefficient (Wildman–Crippen LogP) is 2.11. The third-order valence-electron chi connectivity index (χ3n) is 3.92. The van der Waals surface area contributed by atoms with Crippen molar-refractivity contribution in [1.82, 2.24) is 15.0 Å². The molecule has 0 saturated carbocycles. The van der Waals surface area contributed by atoms with Crippen molar-refractivity contribution < 1.29 is 9.47 Å². The Morgan fingerprint density at radius 3 is 2.79 bits per heavy atom. The first-order chi connectivity index (χ1) is 11.7. The Bertz CT molecular complexity index is 742. The summed E-state index contributed by atoms with van der Waals surface area (Å²) in [6, 6.07) is 6.21. The third-order valence-corrected chi connectivity index (χ3v) is 3.92. The first kappa shape index (κ1) is 16.0. The van der Waals surface area contributed by atoms with E-state index in [2.05, 4.69) is 25.9 Å². The van der Waals surface area contributed by atoms with Crippen molar-refractivity contribution in [2.45, 2.75) is 25.9 Å². The van der Waals surface area contributed by atoms with Gasteiger partial charge in [0.05, 0.1) is 31.6 Å². The molecule has 1 atom stereocenters. The van der Waals surface area contributed by atoms with E-state index in [9.17, 15) is 5.26 Å². The van der Waals surface area contributed by atoms with Crippen molar-refractivity contribution in [3.8, 4) is 17.8 Å². The highest BCUT2D eigenvalue weighted by Crippen LogP contribution is 2.24. The number of ether oxygens (including phenoxy) is 2. The quantitative estimate of drug-likeness (QED) is 0.851. The number of rotatable bonds is 4. The predicted molar refractivity (Wildman–Crippen MR) is 88.1 cm³/mol. The van der Waals surface area contributed by atoms with Gasteiger partial charge < -0.3 is 14.4 Å². The molecule has 1 saturated heterocycles. The first-order valence-corrected chi connectivity index (χ1v) is 7.85. The molecule has 7 heteroatoms. The lowest BCUT2D eigenvalue weighted by Crippen LogP contribution is -2.42. The van der Waals surface area contributed by atoms with E-state index in [1.807, 2.05) is 19.1 Å². The molecule has 0 aliphatic carbocycles. The average molecular weight is 325 g/mol. The molecule has 0 bridgehead atoms. The van der Waals surface area contributed by atoms with Gasteiger partial charge in [-0.25, -0.2) is 4.98 Å². The van der Waals surface area contributed by atoms with Crippen molar-refractivity contribution in [2.24, 2.45) is 0 Å². The molecule has 0 aromatic carbocycles. The molecule has 7 nitrogen and oxygen atoms in total. The van der Waals surface area contributed by atoms with E-state index in [-0.39, 0.29) is 6.10 Å². The normalized spacial score (nSPS) is 17.2. The van der Waals surface area contributed by atoms with E-state index >= 15 is 0 Å². The van der Waals surface area contributed by atoms with Crippen LogP contribution in [0.2, 0.25) is 0 Å². The highest BCUT2D eigenvalue weighted by Gasteiger charge is 2.25. The summed E-state index contributed by atoms with van der Waals surface area (Å²) < 4.78 is 10.9. The number of anilines is 1. The zero-order chi connectivity index (χ0) is 16.9. The minimum atomic E-state index is -0.0407. The number of hydrogen-bond donors (Lipinski definition) is 0. The van der Waals surface area contributed by atoms with E-state index in [1.54, 1.807) is 19.5 Å². The van der Waals surface area contributed by atoms with Crippen LogP contribution in [0.15, 0.2) is 24.5 Å². The maximum Gasteiger partial charge on any atom is 0.316 e. The van der Waals surface area contributed by atoms with Crippen molar-refractivity contribution >= 4 is 5.82 Å². The second-order valence-electron chi connectivity index (χ2n) is 5.67. The molecule has 1 fully saturated rings. The fraction of sp³-hybridized carbons (Fsp3) is 0.412. The zero-order valence-corrected chi connectivity index (χ0v) is 13.8. The van der Waals surface area contributed by atoms with Gasteiger partial charge in [-0.1, -0.05) is 0 Å². The molecule has 0 amide bonds. The Labute approximate surface area is 140 Å². The summed E-state index contributed by atoms with van der Waals surface area (Å²) in [5.74, 6) is 1.32. The Hall–Kier alpha value is -2.88. The van der Waals surface area contributed by atoms with Crippen molar-refractivity contribution in [3.05, 3.63) is 35.8 Å². The molecule has 3 heterocycles. The van der Waals surface area contributed by atoms with Gasteiger partial charge in [0, 0.05) is 12.2 Å². The molecule has 1 aliphatic rings. The number of methoxy groups -OCH3 is 1. The zero-order valence-electron chi connectivity index (χ0n) is 13.8. The van der Waals surface area contributed by atoms with Crippen LogP contribution in [0.5, 0.6) is 11.8 Å². The fourth-order valence-electron chi connectivity index (χ4n) is 2.72. The summed E-state index contributed by atoms with van der Waals surface area (Å²) >= 11 is 0. The second kappa shape index (κ2) is 7.13. The maximum atomic E-state index is 9.31. The van der Waals surface area contributed by atoms with Crippen LogP contribution in [0.25, 0.3) is 0 Å². The largest absolute Gasteiger partial charge is 0.494 e. The molecular formula is C17H19N5O2. The van der Waals surface area contributed by atoms with Gasteiger partial charge in [0.1, 0.15) is 18.0 Å². The Balaban J connectivity index is 1.72. The lowest BCUT2D eigenvalue weighted by Gasteiger charge is -2.33. The van der Waals surface area contributed by atoms with Gasteiger partial charge in [0.25, 0.3) is 0 Å². The van der Waals surface area contributed by atoms with Crippen molar-refractivity contribution in [2.75, 3.05) is 25.1 Å². The van der Waals surface area contributed by atoms with Gasteiger partial charge in [-0.3, -0.25) is 0 Å². The van der Waals surface area contributed by atoms with Crippen LogP contribution in [0.3, 0.4) is 0 Å². The minimum Gasteiger partial charge on any atom is -0.494 e. The topological polar surface area (TPSA) is 84.2 Å². The van der Waals surface area contributed by atoms with E-state index in [0.29, 0.717) is 23.9 Å². The van der Waals surface area contributed by atoms with E-state index < -0.39 is 0 Å². The number of aromatic nitrogens is 3. The lowest BCUT2D eigenvalue weighted by molar-refractivity contribution is 0.163. The molecule has 24 heavy (non-hydrogen) atoms. The van der Waals surface area contributed by atoms with Crippen LogP contribution in [-0.2, 0) is 0 Å². The van der Waals surface area contributed by atoms with Crippen molar-refractivity contribution in [1.29, 1.82) is 5.26 Å². The van der Waals surface area contributed by atoms with Gasteiger partial charge in [-0.05, 0) is 31.9 Å². The Kier molecular flexibility index (Phi) is 4.75. The summed E-state index contributed by atoms with van der Waals surface area (Å²) in [6.07, 6.45) is 5.00. The highest BCUT2D eigenvalue weighted by molar-refractivity contribution is 5.54. The number of pyridine rings is 1. The van der Waals surface area contributed by atoms with Crippen LogP contribution in [0.4, 0.5) is 5.82 Å². The monoisotopic (exact) mass is 325 g/mol. The van der Waals surface area contributed by atoms with E-state index in [4.69, 9.17) is 9.47 Å². The van der Waals surface area contributed by atoms with Gasteiger partial charge in [-0.15, -0.1) is 0 Å². The number of piperidine rings is 1. The minimum absolute atomic E-state index is 0.0407. The molecule has 2 aromatic heterocycles. The molecule has 0 N–H and O–H groups in total. The molecule has 124 valence electrons. The fourth-order valence-corrected chi connectivity index (χ4v) is 2.72. The number of nitriles is 1. The molecule has 2 aromatic rings. The molecule has 1 aliphatic heterocycles. The first-order valence-electron chi connectivity index (χ1n) is 7.85. The Morgan fingerprint density at radius 1 is 1.29 bits per heavy atom. The van der Waals surface area contributed by atoms with Crippen LogP contribution < -0.4 is 14.4 Å². The molecule has 0 spiro atoms. The molecule has 0 radical (unpaired) electrons. The summed E-state index contributed by atoms with van der Waals surface area (Å²) in [4.78, 5) is 14.9. The average Bonchev–Trinajstić information content (AvgIpc) is 2.62. The Morgan fingerprint density at radius 2 is 2.08 bits per heavy atom. The number of aryl methyl sites for hydroxylation is 1. The summed E-state index contributed by atoms with van der Waals surface area (Å²) in [7, 11) is 1.57. The van der Waals surface area contributed by atoms with Crippen LogP contribution in [0, 0.1) is 18.3 Å². The second-order valence-corrected chi connectivity index (χ2v) is 5.67. The smallest absolute Gasteiger partial charge is 0.316 e. The van der Waals surface area contributed by atoms with Crippen LogP contribution in [0.1, 0.15) is 24.1 Å².